The summed E-state index contributed by atoms with van der Waals surface area (Å²) in [5, 5.41) is 9.00. The van der Waals surface area contributed by atoms with Gasteiger partial charge >= 0.3 is 0 Å². The molecule has 0 saturated heterocycles. The maximum absolute atomic E-state index is 12.3. The van der Waals surface area contributed by atoms with Crippen molar-refractivity contribution in [1.29, 1.82) is 0 Å². The molecule has 0 heterocycles. The molecule has 0 bridgehead atoms. The third kappa shape index (κ3) is 7.20. The monoisotopic (exact) mass is 361 g/mol. The van der Waals surface area contributed by atoms with Crippen molar-refractivity contribution in [2.75, 3.05) is 20.1 Å². The van der Waals surface area contributed by atoms with Crippen LogP contribution < -0.4 is 16.0 Å². The van der Waals surface area contributed by atoms with Crippen LogP contribution in [-0.4, -0.2) is 38.0 Å². The van der Waals surface area contributed by atoms with Gasteiger partial charge in [-0.05, 0) is 38.1 Å². The maximum Gasteiger partial charge on any atom is 0.253 e. The molecule has 1 rings (SSSR count). The summed E-state index contributed by atoms with van der Waals surface area (Å²) in [6.45, 7) is 5.19. The summed E-state index contributed by atoms with van der Waals surface area (Å²) in [5.41, 5.74) is 0.373. The average Bonchev–Trinajstić information content (AvgIpc) is 2.49. The molecule has 0 aliphatic rings. The first-order valence-corrected chi connectivity index (χ1v) is 7.83. The van der Waals surface area contributed by atoms with Crippen LogP contribution in [0.15, 0.2) is 24.3 Å². The zero-order chi connectivity index (χ0) is 16.5. The van der Waals surface area contributed by atoms with E-state index in [4.69, 9.17) is 11.6 Å². The topological polar surface area (TPSA) is 70.2 Å². The first kappa shape index (κ1) is 21.7. The fourth-order valence-corrected chi connectivity index (χ4v) is 2.21. The molecule has 0 aromatic heterocycles. The van der Waals surface area contributed by atoms with Gasteiger partial charge in [-0.15, -0.1) is 12.4 Å². The van der Waals surface area contributed by atoms with E-state index in [-0.39, 0.29) is 30.1 Å². The average molecular weight is 362 g/mol. The Labute approximate surface area is 149 Å². The molecule has 130 valence electrons. The van der Waals surface area contributed by atoms with Gasteiger partial charge in [-0.3, -0.25) is 9.59 Å². The minimum absolute atomic E-state index is 0. The minimum Gasteiger partial charge on any atom is -0.354 e. The SMILES string of the molecule is CNCCCNC(=O)C(NC(=O)c1ccccc1Cl)C(C)C.Cl. The van der Waals surface area contributed by atoms with Gasteiger partial charge < -0.3 is 16.0 Å². The fraction of sp³-hybridized carbons (Fsp3) is 0.500. The Bertz CT molecular complexity index is 510. The third-order valence-corrected chi connectivity index (χ3v) is 3.59. The van der Waals surface area contributed by atoms with Crippen LogP contribution in [0.1, 0.15) is 30.6 Å². The molecule has 3 N–H and O–H groups in total. The van der Waals surface area contributed by atoms with Crippen LogP contribution in [0.3, 0.4) is 0 Å². The van der Waals surface area contributed by atoms with Crippen molar-refractivity contribution >= 4 is 35.8 Å². The van der Waals surface area contributed by atoms with Crippen LogP contribution in [0, 0.1) is 5.92 Å². The van der Waals surface area contributed by atoms with Crippen molar-refractivity contribution in [3.63, 3.8) is 0 Å². The first-order chi connectivity index (χ1) is 10.5. The first-order valence-electron chi connectivity index (χ1n) is 7.45. The van der Waals surface area contributed by atoms with Gasteiger partial charge in [0.05, 0.1) is 10.6 Å². The zero-order valence-electron chi connectivity index (χ0n) is 13.7. The van der Waals surface area contributed by atoms with E-state index in [1.165, 1.54) is 0 Å². The zero-order valence-corrected chi connectivity index (χ0v) is 15.3. The summed E-state index contributed by atoms with van der Waals surface area (Å²) >= 11 is 6.01. The number of amides is 2. The van der Waals surface area contributed by atoms with E-state index in [1.54, 1.807) is 24.3 Å². The van der Waals surface area contributed by atoms with Crippen molar-refractivity contribution < 1.29 is 9.59 Å². The Balaban J connectivity index is 0.00000484. The Hall–Kier alpha value is -1.30. The van der Waals surface area contributed by atoms with Gasteiger partial charge in [-0.2, -0.15) is 0 Å². The molecule has 7 heteroatoms. The molecule has 0 aliphatic carbocycles. The second kappa shape index (κ2) is 11.3. The summed E-state index contributed by atoms with van der Waals surface area (Å²) in [5.74, 6) is -0.531. The van der Waals surface area contributed by atoms with Gasteiger partial charge in [0.25, 0.3) is 5.91 Å². The second-order valence-electron chi connectivity index (χ2n) is 5.42. The van der Waals surface area contributed by atoms with Crippen molar-refractivity contribution in [2.45, 2.75) is 26.3 Å². The normalized spacial score (nSPS) is 11.5. The van der Waals surface area contributed by atoms with Gasteiger partial charge in [0.1, 0.15) is 6.04 Å². The molecule has 0 aliphatic heterocycles. The number of nitrogens with one attached hydrogen (secondary N) is 3. The molecular formula is C16H25Cl2N3O2. The predicted molar refractivity (Wildman–Crippen MR) is 96.3 cm³/mol. The summed E-state index contributed by atoms with van der Waals surface area (Å²) in [6, 6.07) is 6.20. The Morgan fingerprint density at radius 3 is 2.39 bits per heavy atom. The lowest BCUT2D eigenvalue weighted by Crippen LogP contribution is -2.50. The minimum atomic E-state index is -0.585. The third-order valence-electron chi connectivity index (χ3n) is 3.26. The summed E-state index contributed by atoms with van der Waals surface area (Å²) < 4.78 is 0. The van der Waals surface area contributed by atoms with Crippen LogP contribution in [0.2, 0.25) is 5.02 Å². The molecule has 2 amide bonds. The highest BCUT2D eigenvalue weighted by atomic mass is 35.5. The lowest BCUT2D eigenvalue weighted by Gasteiger charge is -2.22. The number of hydrogen-bond acceptors (Lipinski definition) is 3. The number of hydrogen-bond donors (Lipinski definition) is 3. The van der Waals surface area contributed by atoms with Gasteiger partial charge in [-0.1, -0.05) is 37.6 Å². The van der Waals surface area contributed by atoms with Gasteiger partial charge in [0.15, 0.2) is 0 Å². The highest BCUT2D eigenvalue weighted by molar-refractivity contribution is 6.33. The number of carbonyl (C=O) groups is 2. The quantitative estimate of drug-likeness (QED) is 0.621. The molecule has 0 spiro atoms. The van der Waals surface area contributed by atoms with Gasteiger partial charge in [0, 0.05) is 6.54 Å². The van der Waals surface area contributed by atoms with E-state index in [2.05, 4.69) is 16.0 Å². The summed E-state index contributed by atoms with van der Waals surface area (Å²) in [6.07, 6.45) is 0.839. The standard InChI is InChI=1S/C16H24ClN3O2.ClH/c1-11(2)14(16(22)19-10-6-9-18-3)20-15(21)12-7-4-5-8-13(12)17;/h4-5,7-8,11,14,18H,6,9-10H2,1-3H3,(H,19,22)(H,20,21);1H. The van der Waals surface area contributed by atoms with E-state index in [1.807, 2.05) is 20.9 Å². The van der Waals surface area contributed by atoms with Crippen molar-refractivity contribution in [3.05, 3.63) is 34.9 Å². The van der Waals surface area contributed by atoms with Crippen LogP contribution in [0.5, 0.6) is 0 Å². The van der Waals surface area contributed by atoms with Crippen molar-refractivity contribution in [1.82, 2.24) is 16.0 Å². The smallest absolute Gasteiger partial charge is 0.253 e. The maximum atomic E-state index is 12.3. The van der Waals surface area contributed by atoms with Gasteiger partial charge in [-0.25, -0.2) is 0 Å². The molecular weight excluding hydrogens is 337 g/mol. The Kier molecular flexibility index (Phi) is 10.6. The summed E-state index contributed by atoms with van der Waals surface area (Å²) in [4.78, 5) is 24.5. The Morgan fingerprint density at radius 1 is 1.17 bits per heavy atom. The molecule has 0 saturated carbocycles. The van der Waals surface area contributed by atoms with Crippen LogP contribution >= 0.6 is 24.0 Å². The van der Waals surface area contributed by atoms with Crippen molar-refractivity contribution in [2.24, 2.45) is 5.92 Å². The molecule has 23 heavy (non-hydrogen) atoms. The molecule has 1 aromatic carbocycles. The lowest BCUT2D eigenvalue weighted by atomic mass is 10.0. The number of benzene rings is 1. The van der Waals surface area contributed by atoms with Crippen LogP contribution in [-0.2, 0) is 4.79 Å². The molecule has 1 aromatic rings. The molecule has 1 unspecified atom stereocenters. The predicted octanol–water partition coefficient (Wildman–Crippen LogP) is 2.24. The fourth-order valence-electron chi connectivity index (χ4n) is 1.99. The molecule has 5 nitrogen and oxygen atoms in total. The number of carbonyl (C=O) groups excluding carboxylic acids is 2. The van der Waals surface area contributed by atoms with E-state index in [9.17, 15) is 9.59 Å². The van der Waals surface area contributed by atoms with Crippen LogP contribution in [0.25, 0.3) is 0 Å². The molecule has 0 radical (unpaired) electrons. The van der Waals surface area contributed by atoms with Crippen molar-refractivity contribution in [3.8, 4) is 0 Å². The molecule has 0 fully saturated rings. The van der Waals surface area contributed by atoms with Crippen LogP contribution in [0.4, 0.5) is 0 Å². The van der Waals surface area contributed by atoms with E-state index < -0.39 is 6.04 Å². The van der Waals surface area contributed by atoms with E-state index in [0.717, 1.165) is 13.0 Å². The van der Waals surface area contributed by atoms with E-state index in [0.29, 0.717) is 17.1 Å². The Morgan fingerprint density at radius 2 is 1.83 bits per heavy atom. The van der Waals surface area contributed by atoms with E-state index >= 15 is 0 Å². The van der Waals surface area contributed by atoms with Gasteiger partial charge in [0.2, 0.25) is 5.91 Å². The number of halogens is 2. The molecule has 1 atom stereocenters. The lowest BCUT2D eigenvalue weighted by molar-refractivity contribution is -0.123. The second-order valence-corrected chi connectivity index (χ2v) is 5.83. The highest BCUT2D eigenvalue weighted by Crippen LogP contribution is 2.15. The highest BCUT2D eigenvalue weighted by Gasteiger charge is 2.24. The largest absolute Gasteiger partial charge is 0.354 e. The number of rotatable bonds is 8. The summed E-state index contributed by atoms with van der Waals surface area (Å²) in [7, 11) is 1.86.